The summed E-state index contributed by atoms with van der Waals surface area (Å²) in [7, 11) is 0. The highest BCUT2D eigenvalue weighted by Gasteiger charge is 2.18. The molecule has 0 aliphatic carbocycles. The Morgan fingerprint density at radius 3 is 3.06 bits per heavy atom. The largest absolute Gasteiger partial charge is 0.379 e. The molecule has 1 aromatic carbocycles. The molecule has 1 N–H and O–H groups in total. The molecule has 1 fully saturated rings. The fourth-order valence-electron chi connectivity index (χ4n) is 1.80. The van der Waals surface area contributed by atoms with Crippen molar-refractivity contribution in [2.75, 3.05) is 23.4 Å². The van der Waals surface area contributed by atoms with E-state index in [9.17, 15) is 10.1 Å². The van der Waals surface area contributed by atoms with Crippen LogP contribution in [0.2, 0.25) is 5.02 Å². The molecule has 1 unspecified atom stereocenters. The summed E-state index contributed by atoms with van der Waals surface area (Å²) in [5.74, 6) is 2.93. The number of halogens is 1. The maximum absolute atomic E-state index is 10.9. The number of hydrogen-bond donors (Lipinski definition) is 1. The highest BCUT2D eigenvalue weighted by atomic mass is 35.5. The lowest BCUT2D eigenvalue weighted by Crippen LogP contribution is -2.14. The van der Waals surface area contributed by atoms with E-state index in [1.165, 1.54) is 18.2 Å². The lowest BCUT2D eigenvalue weighted by Gasteiger charge is -2.11. The van der Waals surface area contributed by atoms with Crippen LogP contribution in [-0.4, -0.2) is 23.0 Å². The predicted octanol–water partition coefficient (Wildman–Crippen LogP) is 3.41. The SMILES string of the molecule is O=[N+]([O-])c1cc(Cl)ccc1NCC1CCSC1. The van der Waals surface area contributed by atoms with Crippen LogP contribution in [0.1, 0.15) is 6.42 Å². The lowest BCUT2D eigenvalue weighted by molar-refractivity contribution is -0.383. The molecule has 0 amide bonds. The Morgan fingerprint density at radius 2 is 2.41 bits per heavy atom. The number of benzene rings is 1. The predicted molar refractivity (Wildman–Crippen MR) is 72.0 cm³/mol. The van der Waals surface area contributed by atoms with E-state index in [1.807, 2.05) is 11.8 Å². The number of nitro groups is 1. The molecule has 1 aliphatic rings. The quantitative estimate of drug-likeness (QED) is 0.674. The second-order valence-corrected chi connectivity index (χ2v) is 5.62. The van der Waals surface area contributed by atoms with Crippen LogP contribution in [0.5, 0.6) is 0 Å². The zero-order valence-electron chi connectivity index (χ0n) is 9.19. The van der Waals surface area contributed by atoms with Gasteiger partial charge < -0.3 is 5.32 Å². The summed E-state index contributed by atoms with van der Waals surface area (Å²) in [6, 6.07) is 4.72. The fourth-order valence-corrected chi connectivity index (χ4v) is 3.25. The van der Waals surface area contributed by atoms with Gasteiger partial charge in [0, 0.05) is 17.6 Å². The molecular formula is C11H13ClN2O2S. The standard InChI is InChI=1S/C11H13ClN2O2S/c12-9-1-2-10(11(5-9)14(15)16)13-6-8-3-4-17-7-8/h1-2,5,8,13H,3-4,6-7H2. The van der Waals surface area contributed by atoms with Gasteiger partial charge in [0.25, 0.3) is 5.69 Å². The third-order valence-electron chi connectivity index (χ3n) is 2.76. The van der Waals surface area contributed by atoms with Gasteiger partial charge in [0.2, 0.25) is 0 Å². The average molecular weight is 273 g/mol. The highest BCUT2D eigenvalue weighted by molar-refractivity contribution is 7.99. The summed E-state index contributed by atoms with van der Waals surface area (Å²) in [5.41, 5.74) is 0.597. The molecule has 1 aliphatic heterocycles. The van der Waals surface area contributed by atoms with Gasteiger partial charge in [-0.3, -0.25) is 10.1 Å². The Balaban J connectivity index is 2.06. The molecule has 0 spiro atoms. The highest BCUT2D eigenvalue weighted by Crippen LogP contribution is 2.29. The minimum atomic E-state index is -0.405. The number of rotatable bonds is 4. The molecule has 0 bridgehead atoms. The Hall–Kier alpha value is -0.940. The number of nitro benzene ring substituents is 1. The molecule has 4 nitrogen and oxygen atoms in total. The Labute approximate surface area is 109 Å². The van der Waals surface area contributed by atoms with E-state index >= 15 is 0 Å². The Kier molecular flexibility index (Phi) is 4.12. The molecule has 0 aromatic heterocycles. The van der Waals surface area contributed by atoms with Crippen LogP contribution in [-0.2, 0) is 0 Å². The van der Waals surface area contributed by atoms with Crippen LogP contribution in [0.4, 0.5) is 11.4 Å². The second-order valence-electron chi connectivity index (χ2n) is 4.03. The number of anilines is 1. The van der Waals surface area contributed by atoms with Gasteiger partial charge in [0.05, 0.1) is 4.92 Å². The lowest BCUT2D eigenvalue weighted by atomic mass is 10.1. The van der Waals surface area contributed by atoms with Crippen LogP contribution in [0.15, 0.2) is 18.2 Å². The van der Waals surface area contributed by atoms with Crippen molar-refractivity contribution in [2.45, 2.75) is 6.42 Å². The van der Waals surface area contributed by atoms with Gasteiger partial charge in [-0.05, 0) is 36.0 Å². The van der Waals surface area contributed by atoms with Gasteiger partial charge in [-0.25, -0.2) is 0 Å². The molecule has 0 radical (unpaired) electrons. The molecule has 0 saturated carbocycles. The van der Waals surface area contributed by atoms with E-state index in [2.05, 4.69) is 5.32 Å². The topological polar surface area (TPSA) is 55.2 Å². The molecule has 6 heteroatoms. The third kappa shape index (κ3) is 3.26. The van der Waals surface area contributed by atoms with Crippen molar-refractivity contribution in [3.8, 4) is 0 Å². The minimum Gasteiger partial charge on any atom is -0.379 e. The van der Waals surface area contributed by atoms with Gasteiger partial charge in [-0.15, -0.1) is 0 Å². The van der Waals surface area contributed by atoms with Crippen LogP contribution < -0.4 is 5.32 Å². The van der Waals surface area contributed by atoms with Crippen LogP contribution in [0, 0.1) is 16.0 Å². The maximum Gasteiger partial charge on any atom is 0.293 e. The first kappa shape index (κ1) is 12.5. The first-order chi connectivity index (χ1) is 8.16. The van der Waals surface area contributed by atoms with Crippen LogP contribution in [0.25, 0.3) is 0 Å². The van der Waals surface area contributed by atoms with Gasteiger partial charge in [-0.1, -0.05) is 11.6 Å². The van der Waals surface area contributed by atoms with E-state index < -0.39 is 4.92 Å². The second kappa shape index (κ2) is 5.60. The fraction of sp³-hybridized carbons (Fsp3) is 0.455. The summed E-state index contributed by atoms with van der Waals surface area (Å²) >= 11 is 7.69. The van der Waals surface area contributed by atoms with E-state index in [0.717, 1.165) is 12.3 Å². The van der Waals surface area contributed by atoms with Crippen molar-refractivity contribution in [2.24, 2.45) is 5.92 Å². The first-order valence-corrected chi connectivity index (χ1v) is 6.95. The van der Waals surface area contributed by atoms with Gasteiger partial charge in [0.1, 0.15) is 5.69 Å². The summed E-state index contributed by atoms with van der Waals surface area (Å²) in [6.45, 7) is 0.787. The van der Waals surface area contributed by atoms with Crippen LogP contribution >= 0.6 is 23.4 Å². The van der Waals surface area contributed by atoms with E-state index in [0.29, 0.717) is 16.6 Å². The summed E-state index contributed by atoms with van der Waals surface area (Å²) in [5, 5.41) is 14.4. The first-order valence-electron chi connectivity index (χ1n) is 5.42. The zero-order valence-corrected chi connectivity index (χ0v) is 10.8. The average Bonchev–Trinajstić information content (AvgIpc) is 2.80. The van der Waals surface area contributed by atoms with Crippen LogP contribution in [0.3, 0.4) is 0 Å². The smallest absolute Gasteiger partial charge is 0.293 e. The zero-order chi connectivity index (χ0) is 12.3. The number of thioether (sulfide) groups is 1. The van der Waals surface area contributed by atoms with E-state index in [-0.39, 0.29) is 5.69 Å². The minimum absolute atomic E-state index is 0.0446. The third-order valence-corrected chi connectivity index (χ3v) is 4.23. The van der Waals surface area contributed by atoms with Gasteiger partial charge in [-0.2, -0.15) is 11.8 Å². The van der Waals surface area contributed by atoms with E-state index in [1.54, 1.807) is 12.1 Å². The summed E-state index contributed by atoms with van der Waals surface area (Å²) < 4.78 is 0. The van der Waals surface area contributed by atoms with Crippen molar-refractivity contribution in [3.05, 3.63) is 33.3 Å². The van der Waals surface area contributed by atoms with Gasteiger partial charge in [0.15, 0.2) is 0 Å². The molecule has 2 rings (SSSR count). The summed E-state index contributed by atoms with van der Waals surface area (Å²) in [6.07, 6.45) is 1.18. The number of nitrogens with one attached hydrogen (secondary N) is 1. The normalized spacial score (nSPS) is 19.2. The van der Waals surface area contributed by atoms with E-state index in [4.69, 9.17) is 11.6 Å². The Bertz CT molecular complexity index is 422. The monoisotopic (exact) mass is 272 g/mol. The molecule has 1 saturated heterocycles. The number of hydrogen-bond acceptors (Lipinski definition) is 4. The van der Waals surface area contributed by atoms with Crippen molar-refractivity contribution >= 4 is 34.7 Å². The van der Waals surface area contributed by atoms with Crippen molar-refractivity contribution in [1.29, 1.82) is 0 Å². The van der Waals surface area contributed by atoms with Crippen molar-refractivity contribution < 1.29 is 4.92 Å². The molecule has 1 heterocycles. The number of nitrogens with zero attached hydrogens (tertiary/aromatic N) is 1. The molecule has 1 aromatic rings. The maximum atomic E-state index is 10.9. The van der Waals surface area contributed by atoms with Crippen molar-refractivity contribution in [3.63, 3.8) is 0 Å². The molecular weight excluding hydrogens is 260 g/mol. The van der Waals surface area contributed by atoms with Gasteiger partial charge >= 0.3 is 0 Å². The molecule has 92 valence electrons. The Morgan fingerprint density at radius 1 is 1.59 bits per heavy atom. The summed E-state index contributed by atoms with van der Waals surface area (Å²) in [4.78, 5) is 10.5. The molecule has 1 atom stereocenters. The molecule has 17 heavy (non-hydrogen) atoms. The van der Waals surface area contributed by atoms with Crippen molar-refractivity contribution in [1.82, 2.24) is 0 Å².